The van der Waals surface area contributed by atoms with E-state index in [0.29, 0.717) is 95.5 Å². The Bertz CT molecular complexity index is 1560. The van der Waals surface area contributed by atoms with Gasteiger partial charge >= 0.3 is 5.97 Å². The molecule has 0 aliphatic heterocycles. The molecule has 1 aromatic carbocycles. The molecule has 0 atom stereocenters. The summed E-state index contributed by atoms with van der Waals surface area (Å²) in [7, 11) is 0. The Morgan fingerprint density at radius 2 is 1.67 bits per heavy atom. The van der Waals surface area contributed by atoms with Crippen molar-refractivity contribution in [2.75, 3.05) is 68.7 Å². The van der Waals surface area contributed by atoms with Crippen LogP contribution in [0.2, 0.25) is 10.0 Å². The lowest BCUT2D eigenvalue weighted by atomic mass is 10.2. The third-order valence-corrected chi connectivity index (χ3v) is 6.70. The normalized spacial score (nSPS) is 11.0. The molecule has 5 N–H and O–H groups in total. The molecule has 0 amide bonds. The van der Waals surface area contributed by atoms with E-state index in [1.165, 1.54) is 12.4 Å². The number of aromatic carboxylic acids is 1. The summed E-state index contributed by atoms with van der Waals surface area (Å²) < 4.78 is 22.3. The number of carboxylic acid groups (broad SMARTS) is 1. The highest BCUT2D eigenvalue weighted by Gasteiger charge is 2.18. The van der Waals surface area contributed by atoms with Crippen molar-refractivity contribution in [1.29, 1.82) is 0 Å². The lowest BCUT2D eigenvalue weighted by Gasteiger charge is -2.18. The smallest absolute Gasteiger partial charge is 0.339 e. The molecule has 0 radical (unpaired) electrons. The number of aromatic nitrogens is 3. The summed E-state index contributed by atoms with van der Waals surface area (Å²) in [6.07, 6.45) is 2.75. The van der Waals surface area contributed by atoms with Crippen LogP contribution in [0.4, 0.5) is 23.0 Å². The molecule has 0 saturated heterocycles. The van der Waals surface area contributed by atoms with Crippen molar-refractivity contribution in [3.8, 4) is 11.3 Å². The van der Waals surface area contributed by atoms with E-state index in [2.05, 4.69) is 30.9 Å². The van der Waals surface area contributed by atoms with Crippen molar-refractivity contribution in [3.63, 3.8) is 0 Å². The first-order valence-electron chi connectivity index (χ1n) is 14.0. The minimum atomic E-state index is -1.13. The molecule has 0 aliphatic rings. The molecule has 0 aliphatic carbocycles. The van der Waals surface area contributed by atoms with Crippen LogP contribution in [0.3, 0.4) is 0 Å². The minimum absolute atomic E-state index is 0.0149. The molecule has 4 aromatic rings. The Labute approximate surface area is 269 Å². The highest BCUT2D eigenvalue weighted by molar-refractivity contribution is 6.35. The van der Waals surface area contributed by atoms with Gasteiger partial charge in [0, 0.05) is 29.5 Å². The Balaban J connectivity index is 1.46. The molecular weight excluding hydrogens is 627 g/mol. The number of anilines is 4. The maximum absolute atomic E-state index is 11.8. The van der Waals surface area contributed by atoms with Crippen LogP contribution in [-0.2, 0) is 20.8 Å². The van der Waals surface area contributed by atoms with Crippen molar-refractivity contribution in [2.45, 2.75) is 13.5 Å². The summed E-state index contributed by atoms with van der Waals surface area (Å²) in [5, 5.41) is 29.1. The van der Waals surface area contributed by atoms with Crippen LogP contribution in [0, 0.1) is 6.92 Å². The molecule has 15 heteroatoms. The number of hydrogen-bond donors (Lipinski definition) is 5. The number of nitrogens with zero attached hydrogens (tertiary/aromatic N) is 3. The van der Waals surface area contributed by atoms with Gasteiger partial charge in [-0.3, -0.25) is 4.98 Å². The van der Waals surface area contributed by atoms with Gasteiger partial charge in [0.2, 0.25) is 0 Å². The number of nitrogens with one attached hydrogen (secondary N) is 3. The molecule has 0 saturated carbocycles. The number of carboxylic acids is 1. The average Bonchev–Trinajstić information content (AvgIpc) is 3.49. The van der Waals surface area contributed by atoms with Crippen LogP contribution < -0.4 is 16.0 Å². The SMILES string of the molecule is Cc1nc(NCCOCCOCCOCCO)c(NCc2ccc(-c3cc(Cl)ccc3Cl)o2)c(Nc2ccncc2C(=O)O)n1. The topological polar surface area (TPSA) is 173 Å². The molecule has 3 aromatic heterocycles. The van der Waals surface area contributed by atoms with E-state index >= 15 is 0 Å². The molecule has 0 spiro atoms. The summed E-state index contributed by atoms with van der Waals surface area (Å²) in [5.41, 5.74) is 1.45. The number of benzene rings is 1. The van der Waals surface area contributed by atoms with Crippen molar-refractivity contribution in [1.82, 2.24) is 15.0 Å². The van der Waals surface area contributed by atoms with E-state index in [-0.39, 0.29) is 25.3 Å². The number of carbonyl (C=O) groups is 1. The van der Waals surface area contributed by atoms with Gasteiger partial charge in [-0.15, -0.1) is 0 Å². The fourth-order valence-corrected chi connectivity index (χ4v) is 4.47. The second kappa shape index (κ2) is 17.5. The van der Waals surface area contributed by atoms with Gasteiger partial charge in [0.05, 0.1) is 63.5 Å². The van der Waals surface area contributed by atoms with Crippen LogP contribution in [0.25, 0.3) is 11.3 Å². The number of aliphatic hydroxyl groups is 1. The fourth-order valence-electron chi connectivity index (χ4n) is 4.09. The monoisotopic (exact) mass is 660 g/mol. The van der Waals surface area contributed by atoms with Gasteiger partial charge in [0.1, 0.15) is 28.6 Å². The minimum Gasteiger partial charge on any atom is -0.478 e. The van der Waals surface area contributed by atoms with Crippen LogP contribution in [-0.4, -0.2) is 83.9 Å². The van der Waals surface area contributed by atoms with E-state index in [1.807, 2.05) is 6.07 Å². The second-order valence-corrected chi connectivity index (χ2v) is 10.3. The maximum atomic E-state index is 11.8. The molecule has 45 heavy (non-hydrogen) atoms. The summed E-state index contributed by atoms with van der Waals surface area (Å²) in [4.78, 5) is 24.9. The van der Waals surface area contributed by atoms with Crippen molar-refractivity contribution in [2.24, 2.45) is 0 Å². The highest BCUT2D eigenvalue weighted by atomic mass is 35.5. The van der Waals surface area contributed by atoms with Gasteiger partial charge in [-0.05, 0) is 43.3 Å². The molecule has 240 valence electrons. The molecule has 0 unspecified atom stereocenters. The molecule has 3 heterocycles. The zero-order valence-electron chi connectivity index (χ0n) is 24.5. The zero-order valence-corrected chi connectivity index (χ0v) is 26.0. The molecule has 4 rings (SSSR count). The largest absolute Gasteiger partial charge is 0.478 e. The summed E-state index contributed by atoms with van der Waals surface area (Å²) in [6.45, 7) is 4.63. The lowest BCUT2D eigenvalue weighted by Crippen LogP contribution is -2.17. The number of halogens is 2. The standard InChI is InChI=1S/C30H34Cl2N6O7/c1-19-36-28(34-8-10-42-12-14-44-15-13-43-11-9-39)27(29(37-19)38-25-6-7-33-18-23(25)30(40)41)35-17-21-3-5-26(45-21)22-16-20(31)2-4-24(22)32/h2-7,16,18,35,39H,8-15,17H2,1H3,(H,40,41)(H2,33,34,36,37,38). The molecule has 0 fully saturated rings. The maximum Gasteiger partial charge on any atom is 0.339 e. The Kier molecular flexibility index (Phi) is 13.2. The van der Waals surface area contributed by atoms with Crippen LogP contribution in [0.1, 0.15) is 21.9 Å². The van der Waals surface area contributed by atoms with Crippen LogP contribution >= 0.6 is 23.2 Å². The first-order chi connectivity index (χ1) is 21.9. The van der Waals surface area contributed by atoms with Gasteiger partial charge in [-0.25, -0.2) is 14.8 Å². The van der Waals surface area contributed by atoms with E-state index < -0.39 is 5.97 Å². The number of rotatable bonds is 19. The summed E-state index contributed by atoms with van der Waals surface area (Å²) >= 11 is 12.5. The Hall–Kier alpha value is -3.98. The fraction of sp³-hybridized carbons (Fsp3) is 0.333. The van der Waals surface area contributed by atoms with E-state index in [1.54, 1.807) is 37.3 Å². The highest BCUT2D eigenvalue weighted by Crippen LogP contribution is 2.34. The number of pyridine rings is 1. The molecule has 13 nitrogen and oxygen atoms in total. The quantitative estimate of drug-likeness (QED) is 0.0825. The predicted molar refractivity (Wildman–Crippen MR) is 171 cm³/mol. The number of furan rings is 1. The summed E-state index contributed by atoms with van der Waals surface area (Å²) in [6, 6.07) is 10.3. The van der Waals surface area contributed by atoms with Gasteiger partial charge < -0.3 is 44.8 Å². The number of ether oxygens (including phenoxy) is 3. The zero-order chi connectivity index (χ0) is 32.0. The van der Waals surface area contributed by atoms with Crippen molar-refractivity contribution >= 4 is 52.2 Å². The summed E-state index contributed by atoms with van der Waals surface area (Å²) in [5.74, 6) is 1.29. The van der Waals surface area contributed by atoms with Crippen LogP contribution in [0.15, 0.2) is 53.2 Å². The molecule has 0 bridgehead atoms. The van der Waals surface area contributed by atoms with Crippen molar-refractivity contribution < 1.29 is 33.6 Å². The lowest BCUT2D eigenvalue weighted by molar-refractivity contribution is 0.00920. The number of aliphatic hydroxyl groups excluding tert-OH is 1. The Morgan fingerprint density at radius 1 is 0.933 bits per heavy atom. The van der Waals surface area contributed by atoms with Crippen molar-refractivity contribution in [3.05, 3.63) is 76.0 Å². The van der Waals surface area contributed by atoms with Crippen LogP contribution in [0.5, 0.6) is 0 Å². The third kappa shape index (κ3) is 10.3. The van der Waals surface area contributed by atoms with E-state index in [9.17, 15) is 9.90 Å². The van der Waals surface area contributed by atoms with Gasteiger partial charge in [-0.1, -0.05) is 23.2 Å². The van der Waals surface area contributed by atoms with Gasteiger partial charge in [0.25, 0.3) is 0 Å². The first-order valence-corrected chi connectivity index (χ1v) is 14.8. The third-order valence-electron chi connectivity index (χ3n) is 6.14. The average molecular weight is 662 g/mol. The van der Waals surface area contributed by atoms with Gasteiger partial charge in [0.15, 0.2) is 11.6 Å². The first kappa shape index (κ1) is 33.9. The van der Waals surface area contributed by atoms with Gasteiger partial charge in [-0.2, -0.15) is 0 Å². The van der Waals surface area contributed by atoms with E-state index in [0.717, 1.165) is 0 Å². The number of aryl methyl sites for hydroxylation is 1. The number of hydrogen-bond acceptors (Lipinski definition) is 12. The molecular formula is C30H34Cl2N6O7. The predicted octanol–water partition coefficient (Wildman–Crippen LogP) is 5.25. The Morgan fingerprint density at radius 3 is 2.42 bits per heavy atom. The van der Waals surface area contributed by atoms with E-state index in [4.69, 9.17) is 46.9 Å². The second-order valence-electron chi connectivity index (χ2n) is 9.43.